The lowest BCUT2D eigenvalue weighted by Gasteiger charge is -2.34. The Morgan fingerprint density at radius 3 is 2.69 bits per heavy atom. The topological polar surface area (TPSA) is 72.1 Å². The average molecular weight is 497 g/mol. The molecule has 1 atom stereocenters. The predicted octanol–water partition coefficient (Wildman–Crippen LogP) is 2.66. The van der Waals surface area contributed by atoms with E-state index in [-0.39, 0.29) is 30.0 Å². The maximum atomic E-state index is 6.02. The quantitative estimate of drug-likeness (QED) is 0.238. The van der Waals surface area contributed by atoms with E-state index in [0.29, 0.717) is 12.5 Å². The molecule has 1 aromatic carbocycles. The van der Waals surface area contributed by atoms with Gasteiger partial charge < -0.3 is 20.5 Å². The number of halogens is 2. The van der Waals surface area contributed by atoms with E-state index < -0.39 is 0 Å². The second-order valence-electron chi connectivity index (χ2n) is 5.92. The highest BCUT2D eigenvalue weighted by Crippen LogP contribution is 2.23. The van der Waals surface area contributed by atoms with Gasteiger partial charge in [0, 0.05) is 37.9 Å². The largest absolute Gasteiger partial charge is 0.382 e. The summed E-state index contributed by atoms with van der Waals surface area (Å²) in [4.78, 5) is 6.93. The lowest BCUT2D eigenvalue weighted by molar-refractivity contribution is 0.0180. The maximum Gasteiger partial charge on any atom is 0.188 e. The minimum absolute atomic E-state index is 0. The first-order valence-electron chi connectivity index (χ1n) is 8.89. The van der Waals surface area contributed by atoms with Crippen molar-refractivity contribution in [1.29, 1.82) is 0 Å². The first-order chi connectivity index (χ1) is 12.2. The van der Waals surface area contributed by atoms with Crippen molar-refractivity contribution in [2.45, 2.75) is 19.4 Å². The molecule has 1 aliphatic heterocycles. The Labute approximate surface area is 178 Å². The Morgan fingerprint density at radius 2 is 2.04 bits per heavy atom. The van der Waals surface area contributed by atoms with E-state index in [1.807, 2.05) is 19.1 Å². The zero-order valence-electron chi connectivity index (χ0n) is 15.3. The van der Waals surface area contributed by atoms with Gasteiger partial charge >= 0.3 is 0 Å². The first kappa shape index (κ1) is 23.4. The van der Waals surface area contributed by atoms with Crippen molar-refractivity contribution in [2.75, 3.05) is 52.6 Å². The third-order valence-electron chi connectivity index (χ3n) is 4.15. The number of nitrogens with zero attached hydrogens (tertiary/aromatic N) is 2. The van der Waals surface area contributed by atoms with Crippen molar-refractivity contribution >= 4 is 41.5 Å². The van der Waals surface area contributed by atoms with E-state index in [1.54, 1.807) is 0 Å². The van der Waals surface area contributed by atoms with Gasteiger partial charge in [-0.25, -0.2) is 0 Å². The normalized spacial score (nSPS) is 16.8. The van der Waals surface area contributed by atoms with E-state index in [0.717, 1.165) is 57.5 Å². The fraction of sp³-hybridized carbons (Fsp3) is 0.611. The van der Waals surface area contributed by atoms with Crippen LogP contribution < -0.4 is 11.1 Å². The molecule has 1 saturated heterocycles. The molecular weight excluding hydrogens is 467 g/mol. The molecule has 1 aromatic rings. The molecule has 0 spiro atoms. The number of morpholine rings is 1. The van der Waals surface area contributed by atoms with Gasteiger partial charge in [-0.2, -0.15) is 0 Å². The highest BCUT2D eigenvalue weighted by atomic mass is 127. The summed E-state index contributed by atoms with van der Waals surface area (Å²) in [5.74, 6) is 0.476. The summed E-state index contributed by atoms with van der Waals surface area (Å²) in [5.41, 5.74) is 7.20. The summed E-state index contributed by atoms with van der Waals surface area (Å²) in [6.07, 6.45) is 0.911. The maximum absolute atomic E-state index is 6.02. The Hall–Kier alpha value is -0.610. The third-order valence-corrected chi connectivity index (χ3v) is 4.40. The van der Waals surface area contributed by atoms with Crippen LogP contribution in [-0.4, -0.2) is 63.5 Å². The molecule has 0 radical (unpaired) electrons. The summed E-state index contributed by atoms with van der Waals surface area (Å²) in [5, 5.41) is 3.88. The number of rotatable bonds is 9. The fourth-order valence-corrected chi connectivity index (χ4v) is 2.91. The van der Waals surface area contributed by atoms with Gasteiger partial charge in [0.1, 0.15) is 0 Å². The molecule has 0 aliphatic carbocycles. The Kier molecular flexibility index (Phi) is 12.2. The lowest BCUT2D eigenvalue weighted by Crippen LogP contribution is -2.41. The second-order valence-corrected chi connectivity index (χ2v) is 6.36. The van der Waals surface area contributed by atoms with Crippen LogP contribution in [0.1, 0.15) is 24.9 Å². The first-order valence-corrected chi connectivity index (χ1v) is 9.27. The Bertz CT molecular complexity index is 524. The minimum Gasteiger partial charge on any atom is -0.382 e. The molecule has 3 N–H and O–H groups in total. The smallest absolute Gasteiger partial charge is 0.188 e. The molecule has 6 nitrogen and oxygen atoms in total. The molecule has 0 saturated carbocycles. The van der Waals surface area contributed by atoms with Crippen LogP contribution in [-0.2, 0) is 9.47 Å². The van der Waals surface area contributed by atoms with Gasteiger partial charge in [0.25, 0.3) is 0 Å². The number of benzene rings is 1. The van der Waals surface area contributed by atoms with Crippen LogP contribution >= 0.6 is 35.6 Å². The molecular formula is C18H30ClIN4O2. The van der Waals surface area contributed by atoms with Crippen LogP contribution in [0.4, 0.5) is 0 Å². The molecule has 1 heterocycles. The molecule has 1 unspecified atom stereocenters. The third kappa shape index (κ3) is 8.39. The molecule has 0 aromatic heterocycles. The van der Waals surface area contributed by atoms with Crippen LogP contribution in [0.5, 0.6) is 0 Å². The van der Waals surface area contributed by atoms with Gasteiger partial charge in [0.2, 0.25) is 0 Å². The summed E-state index contributed by atoms with van der Waals surface area (Å²) < 4.78 is 10.8. The number of aliphatic imine (C=N–C) groups is 1. The predicted molar refractivity (Wildman–Crippen MR) is 118 cm³/mol. The fourth-order valence-electron chi connectivity index (χ4n) is 2.78. The Balaban J connectivity index is 0.00000338. The zero-order chi connectivity index (χ0) is 17.9. The van der Waals surface area contributed by atoms with Gasteiger partial charge in [-0.1, -0.05) is 23.7 Å². The van der Waals surface area contributed by atoms with Gasteiger partial charge in [-0.3, -0.25) is 9.89 Å². The molecule has 26 heavy (non-hydrogen) atoms. The standard InChI is InChI=1S/C18H29ClN4O2.HI/c1-2-24-11-3-8-21-18(20)22-14-17(23-9-12-25-13-10-23)15-4-6-16(19)7-5-15;/h4-7,17H,2-3,8-14H2,1H3,(H3,20,21,22);1H. The van der Waals surface area contributed by atoms with Crippen LogP contribution in [0.2, 0.25) is 5.02 Å². The molecule has 0 bridgehead atoms. The minimum atomic E-state index is 0. The molecule has 1 fully saturated rings. The molecule has 0 amide bonds. The molecule has 148 valence electrons. The number of nitrogens with two attached hydrogens (primary N) is 1. The highest BCUT2D eigenvalue weighted by molar-refractivity contribution is 14.0. The van der Waals surface area contributed by atoms with Gasteiger partial charge in [-0.15, -0.1) is 24.0 Å². The van der Waals surface area contributed by atoms with Crippen LogP contribution in [0.25, 0.3) is 0 Å². The highest BCUT2D eigenvalue weighted by Gasteiger charge is 2.22. The summed E-state index contributed by atoms with van der Waals surface area (Å²) >= 11 is 6.02. The van der Waals surface area contributed by atoms with Gasteiger partial charge in [0.15, 0.2) is 5.96 Å². The monoisotopic (exact) mass is 496 g/mol. The van der Waals surface area contributed by atoms with Crippen molar-refractivity contribution in [2.24, 2.45) is 10.7 Å². The lowest BCUT2D eigenvalue weighted by atomic mass is 10.0. The number of ether oxygens (including phenoxy) is 2. The van der Waals surface area contributed by atoms with Crippen molar-refractivity contribution in [3.8, 4) is 0 Å². The van der Waals surface area contributed by atoms with Crippen molar-refractivity contribution in [1.82, 2.24) is 10.2 Å². The van der Waals surface area contributed by atoms with Crippen LogP contribution in [0, 0.1) is 0 Å². The molecule has 1 aliphatic rings. The molecule has 2 rings (SSSR count). The number of hydrogen-bond donors (Lipinski definition) is 2. The Morgan fingerprint density at radius 1 is 1.35 bits per heavy atom. The molecule has 8 heteroatoms. The summed E-state index contributed by atoms with van der Waals surface area (Å²) in [7, 11) is 0. The van der Waals surface area contributed by atoms with Crippen LogP contribution in [0.3, 0.4) is 0 Å². The van der Waals surface area contributed by atoms with E-state index >= 15 is 0 Å². The number of hydrogen-bond acceptors (Lipinski definition) is 4. The summed E-state index contributed by atoms with van der Waals surface area (Å²) in [6.45, 7) is 8.12. The van der Waals surface area contributed by atoms with Crippen molar-refractivity contribution < 1.29 is 9.47 Å². The SMILES string of the molecule is CCOCCCNC(N)=NCC(c1ccc(Cl)cc1)N1CCOCC1.I. The average Bonchev–Trinajstić information content (AvgIpc) is 2.64. The van der Waals surface area contributed by atoms with E-state index in [2.05, 4.69) is 27.3 Å². The number of guanidine groups is 1. The van der Waals surface area contributed by atoms with E-state index in [1.165, 1.54) is 5.56 Å². The van der Waals surface area contributed by atoms with Crippen molar-refractivity contribution in [3.05, 3.63) is 34.9 Å². The number of nitrogens with one attached hydrogen (secondary N) is 1. The van der Waals surface area contributed by atoms with Crippen LogP contribution in [0.15, 0.2) is 29.3 Å². The van der Waals surface area contributed by atoms with E-state index in [4.69, 9.17) is 26.8 Å². The summed E-state index contributed by atoms with van der Waals surface area (Å²) in [6, 6.07) is 8.13. The zero-order valence-corrected chi connectivity index (χ0v) is 18.4. The van der Waals surface area contributed by atoms with Gasteiger partial charge in [0.05, 0.1) is 25.8 Å². The second kappa shape index (κ2) is 13.5. The van der Waals surface area contributed by atoms with Gasteiger partial charge in [-0.05, 0) is 31.0 Å². The van der Waals surface area contributed by atoms with E-state index in [9.17, 15) is 0 Å². The van der Waals surface area contributed by atoms with Crippen molar-refractivity contribution in [3.63, 3.8) is 0 Å².